The summed E-state index contributed by atoms with van der Waals surface area (Å²) in [5.74, 6) is 3.88. The van der Waals surface area contributed by atoms with Crippen LogP contribution < -0.4 is 14.8 Å². The Bertz CT molecular complexity index is 440. The fourth-order valence-corrected chi connectivity index (χ4v) is 1.95. The molecule has 17 heavy (non-hydrogen) atoms. The van der Waals surface area contributed by atoms with Gasteiger partial charge in [0.15, 0.2) is 11.5 Å². The molecule has 2 rings (SSSR count). The fraction of sp³-hybridized carbons (Fsp3) is 0.385. The largest absolute Gasteiger partial charge is 0.489 e. The molecule has 1 aliphatic rings. The average Bonchev–Trinajstić information content (AvgIpc) is 2.55. The summed E-state index contributed by atoms with van der Waals surface area (Å²) in [5, 5.41) is 3.69. The predicted octanol–water partition coefficient (Wildman–Crippen LogP) is 2.22. The molecule has 0 atom stereocenters. The van der Waals surface area contributed by atoms with Crippen molar-refractivity contribution in [1.82, 2.24) is 5.32 Å². The van der Waals surface area contributed by atoms with Gasteiger partial charge in [-0.05, 0) is 17.7 Å². The first-order chi connectivity index (χ1) is 8.31. The van der Waals surface area contributed by atoms with Crippen LogP contribution in [-0.4, -0.2) is 19.8 Å². The van der Waals surface area contributed by atoms with Crippen molar-refractivity contribution in [1.29, 1.82) is 0 Å². The molecule has 1 aliphatic heterocycles. The van der Waals surface area contributed by atoms with Crippen LogP contribution >= 0.6 is 11.6 Å². The zero-order valence-corrected chi connectivity index (χ0v) is 10.2. The van der Waals surface area contributed by atoms with Crippen molar-refractivity contribution in [3.05, 3.63) is 22.7 Å². The van der Waals surface area contributed by atoms with E-state index in [1.807, 2.05) is 12.1 Å². The first kappa shape index (κ1) is 12.1. The third-order valence-corrected chi connectivity index (χ3v) is 2.70. The number of benzene rings is 1. The molecule has 0 radical (unpaired) electrons. The minimum Gasteiger partial charge on any atom is -0.489 e. The van der Waals surface area contributed by atoms with Crippen molar-refractivity contribution in [2.45, 2.75) is 13.0 Å². The molecule has 0 saturated carbocycles. The Kier molecular flexibility index (Phi) is 4.13. The SMILES string of the molecule is C#CCNCc1cc(Cl)c2c(c1)OCCCO2. The van der Waals surface area contributed by atoms with Crippen LogP contribution in [0.3, 0.4) is 0 Å². The van der Waals surface area contributed by atoms with Gasteiger partial charge >= 0.3 is 0 Å². The van der Waals surface area contributed by atoms with E-state index in [0.29, 0.717) is 42.8 Å². The average molecular weight is 252 g/mol. The van der Waals surface area contributed by atoms with Gasteiger partial charge in [0, 0.05) is 13.0 Å². The zero-order valence-electron chi connectivity index (χ0n) is 9.46. The molecule has 0 spiro atoms. The van der Waals surface area contributed by atoms with Crippen LogP contribution in [0.5, 0.6) is 11.5 Å². The quantitative estimate of drug-likeness (QED) is 0.660. The van der Waals surface area contributed by atoms with Gasteiger partial charge in [0.1, 0.15) is 0 Å². The molecule has 0 amide bonds. The van der Waals surface area contributed by atoms with Crippen LogP contribution in [-0.2, 0) is 6.54 Å². The molecule has 0 fully saturated rings. The number of hydrogen-bond donors (Lipinski definition) is 1. The molecule has 0 bridgehead atoms. The molecule has 0 unspecified atom stereocenters. The summed E-state index contributed by atoms with van der Waals surface area (Å²) in [5.41, 5.74) is 1.04. The first-order valence-electron chi connectivity index (χ1n) is 5.53. The molecule has 1 aromatic rings. The molecule has 1 heterocycles. The Labute approximate surface area is 106 Å². The van der Waals surface area contributed by atoms with Crippen molar-refractivity contribution in [3.8, 4) is 23.8 Å². The van der Waals surface area contributed by atoms with Crippen LogP contribution in [0.2, 0.25) is 5.02 Å². The van der Waals surface area contributed by atoms with E-state index < -0.39 is 0 Å². The highest BCUT2D eigenvalue weighted by atomic mass is 35.5. The van der Waals surface area contributed by atoms with E-state index >= 15 is 0 Å². The lowest BCUT2D eigenvalue weighted by molar-refractivity contribution is 0.297. The molecule has 0 saturated heterocycles. The Morgan fingerprint density at radius 1 is 1.35 bits per heavy atom. The Morgan fingerprint density at radius 3 is 3.00 bits per heavy atom. The molecule has 0 aliphatic carbocycles. The standard InChI is InChI=1S/C13H14ClNO2/c1-2-4-15-9-10-7-11(14)13-12(8-10)16-5-3-6-17-13/h1,7-8,15H,3-6,9H2. The number of ether oxygens (including phenoxy) is 2. The van der Waals surface area contributed by atoms with Gasteiger partial charge in [-0.3, -0.25) is 0 Å². The van der Waals surface area contributed by atoms with E-state index in [0.717, 1.165) is 12.0 Å². The van der Waals surface area contributed by atoms with E-state index in [-0.39, 0.29) is 0 Å². The Hall–Kier alpha value is -1.37. The topological polar surface area (TPSA) is 30.5 Å². The predicted molar refractivity (Wildman–Crippen MR) is 67.6 cm³/mol. The summed E-state index contributed by atoms with van der Waals surface area (Å²) >= 11 is 6.16. The molecule has 4 heteroatoms. The second-order valence-electron chi connectivity index (χ2n) is 3.76. The number of fused-ring (bicyclic) bond motifs is 1. The Balaban J connectivity index is 2.17. The summed E-state index contributed by atoms with van der Waals surface area (Å²) in [4.78, 5) is 0. The van der Waals surface area contributed by atoms with E-state index in [1.165, 1.54) is 0 Å². The van der Waals surface area contributed by atoms with E-state index in [9.17, 15) is 0 Å². The van der Waals surface area contributed by atoms with Crippen LogP contribution in [0.1, 0.15) is 12.0 Å². The summed E-state index contributed by atoms with van der Waals surface area (Å²) in [7, 11) is 0. The monoisotopic (exact) mass is 251 g/mol. The molecule has 90 valence electrons. The number of nitrogens with one attached hydrogen (secondary N) is 1. The van der Waals surface area contributed by atoms with Crippen molar-refractivity contribution < 1.29 is 9.47 Å². The summed E-state index contributed by atoms with van der Waals surface area (Å²) in [6.45, 7) is 2.50. The van der Waals surface area contributed by atoms with Crippen LogP contribution in [0, 0.1) is 12.3 Å². The third-order valence-electron chi connectivity index (χ3n) is 2.42. The van der Waals surface area contributed by atoms with E-state index in [4.69, 9.17) is 27.5 Å². The molecular formula is C13H14ClNO2. The van der Waals surface area contributed by atoms with Crippen LogP contribution in [0.15, 0.2) is 12.1 Å². The number of halogens is 1. The van der Waals surface area contributed by atoms with Gasteiger partial charge in [0.25, 0.3) is 0 Å². The van der Waals surface area contributed by atoms with Gasteiger partial charge in [-0.15, -0.1) is 6.42 Å². The van der Waals surface area contributed by atoms with Gasteiger partial charge in [-0.25, -0.2) is 0 Å². The summed E-state index contributed by atoms with van der Waals surface area (Å²) < 4.78 is 11.1. The van der Waals surface area contributed by atoms with Crippen LogP contribution in [0.25, 0.3) is 0 Å². The second-order valence-corrected chi connectivity index (χ2v) is 4.17. The normalized spacial score (nSPS) is 13.9. The van der Waals surface area contributed by atoms with E-state index in [2.05, 4.69) is 11.2 Å². The highest BCUT2D eigenvalue weighted by molar-refractivity contribution is 6.32. The van der Waals surface area contributed by atoms with Gasteiger partial charge in [-0.1, -0.05) is 17.5 Å². The number of hydrogen-bond acceptors (Lipinski definition) is 3. The van der Waals surface area contributed by atoms with Gasteiger partial charge in [-0.2, -0.15) is 0 Å². The maximum atomic E-state index is 6.16. The summed E-state index contributed by atoms with van der Waals surface area (Å²) in [6.07, 6.45) is 6.04. The number of terminal acetylenes is 1. The molecule has 1 N–H and O–H groups in total. The lowest BCUT2D eigenvalue weighted by atomic mass is 10.2. The zero-order chi connectivity index (χ0) is 12.1. The minimum absolute atomic E-state index is 0.534. The van der Waals surface area contributed by atoms with Gasteiger partial charge < -0.3 is 14.8 Å². The molecular weight excluding hydrogens is 238 g/mol. The van der Waals surface area contributed by atoms with Crippen molar-refractivity contribution >= 4 is 11.6 Å². The molecule has 1 aromatic carbocycles. The van der Waals surface area contributed by atoms with Gasteiger partial charge in [0.2, 0.25) is 0 Å². The maximum absolute atomic E-state index is 6.16. The molecule has 0 aromatic heterocycles. The first-order valence-corrected chi connectivity index (χ1v) is 5.91. The van der Waals surface area contributed by atoms with Crippen molar-refractivity contribution in [3.63, 3.8) is 0 Å². The second kappa shape index (κ2) is 5.81. The van der Waals surface area contributed by atoms with Gasteiger partial charge in [0.05, 0.1) is 24.8 Å². The lowest BCUT2D eigenvalue weighted by Gasteiger charge is -2.11. The van der Waals surface area contributed by atoms with E-state index in [1.54, 1.807) is 0 Å². The smallest absolute Gasteiger partial charge is 0.179 e. The lowest BCUT2D eigenvalue weighted by Crippen LogP contribution is -2.13. The highest BCUT2D eigenvalue weighted by Crippen LogP contribution is 2.37. The third kappa shape index (κ3) is 3.06. The fourth-order valence-electron chi connectivity index (χ4n) is 1.67. The molecule has 3 nitrogen and oxygen atoms in total. The van der Waals surface area contributed by atoms with Crippen molar-refractivity contribution in [2.24, 2.45) is 0 Å². The maximum Gasteiger partial charge on any atom is 0.179 e. The highest BCUT2D eigenvalue weighted by Gasteiger charge is 2.15. The van der Waals surface area contributed by atoms with Crippen LogP contribution in [0.4, 0.5) is 0 Å². The Morgan fingerprint density at radius 2 is 2.18 bits per heavy atom. The van der Waals surface area contributed by atoms with Crippen molar-refractivity contribution in [2.75, 3.05) is 19.8 Å². The number of rotatable bonds is 3. The minimum atomic E-state index is 0.534. The summed E-state index contributed by atoms with van der Waals surface area (Å²) in [6, 6.07) is 3.81.